The summed E-state index contributed by atoms with van der Waals surface area (Å²) in [5, 5.41) is 0. The van der Waals surface area contributed by atoms with Crippen molar-refractivity contribution in [1.82, 2.24) is 0 Å². The van der Waals surface area contributed by atoms with Gasteiger partial charge in [0.2, 0.25) is 0 Å². The number of methoxy groups -OCH3 is 1. The van der Waals surface area contributed by atoms with Crippen molar-refractivity contribution in [2.45, 2.75) is 27.9 Å². The molecular formula is C17H25NO. The van der Waals surface area contributed by atoms with Crippen LogP contribution in [0.2, 0.25) is 0 Å². The van der Waals surface area contributed by atoms with Gasteiger partial charge in [0.1, 0.15) is 0 Å². The minimum atomic E-state index is 0. The highest BCUT2D eigenvalue weighted by molar-refractivity contribution is 5.65. The molecule has 2 aromatic carbocycles. The topological polar surface area (TPSA) is 35.2 Å². The molecule has 2 heteroatoms. The van der Waals surface area contributed by atoms with Crippen LogP contribution in [0.15, 0.2) is 48.5 Å². The molecule has 0 heterocycles. The Morgan fingerprint density at radius 2 is 1.26 bits per heavy atom. The summed E-state index contributed by atoms with van der Waals surface area (Å²) in [4.78, 5) is 0. The number of nitrogens with two attached hydrogens (primary N) is 1. The highest BCUT2D eigenvalue weighted by atomic mass is 16.5. The highest BCUT2D eigenvalue weighted by Gasteiger charge is 1.97. The average molecular weight is 259 g/mol. The van der Waals surface area contributed by atoms with Gasteiger partial charge < -0.3 is 10.5 Å². The number of anilines is 1. The van der Waals surface area contributed by atoms with Crippen molar-refractivity contribution in [1.29, 1.82) is 0 Å². The van der Waals surface area contributed by atoms with E-state index < -0.39 is 0 Å². The molecule has 2 nitrogen and oxygen atoms in total. The fourth-order valence-corrected chi connectivity index (χ4v) is 1.64. The van der Waals surface area contributed by atoms with Crippen LogP contribution in [0, 0.1) is 0 Å². The number of ether oxygens (including phenoxy) is 1. The maximum atomic E-state index is 5.65. The Morgan fingerprint density at radius 3 is 1.68 bits per heavy atom. The van der Waals surface area contributed by atoms with Crippen molar-refractivity contribution in [3.8, 4) is 11.1 Å². The predicted octanol–water partition coefficient (Wildman–Crippen LogP) is 4.74. The smallest absolute Gasteiger partial charge is 0.0713 e. The summed E-state index contributed by atoms with van der Waals surface area (Å²) in [5.74, 6) is 0. The van der Waals surface area contributed by atoms with Crippen LogP contribution in [0.4, 0.5) is 5.69 Å². The molecule has 0 aliphatic carbocycles. The lowest BCUT2D eigenvalue weighted by Crippen LogP contribution is -1.87. The van der Waals surface area contributed by atoms with E-state index in [1.165, 1.54) is 16.7 Å². The Morgan fingerprint density at radius 1 is 0.842 bits per heavy atom. The zero-order valence-corrected chi connectivity index (χ0v) is 11.3. The first kappa shape index (κ1) is 17.2. The number of hydrogen-bond acceptors (Lipinski definition) is 2. The zero-order chi connectivity index (χ0) is 13.4. The molecule has 0 amide bonds. The van der Waals surface area contributed by atoms with E-state index in [1.807, 2.05) is 38.1 Å². The third-order valence-corrected chi connectivity index (χ3v) is 2.51. The standard InChI is InChI=1S/C14H15NO.C2H6.CH4/c1-16-10-11-2-4-12(5-3-11)13-6-8-14(15)9-7-13;1-2;/h2-9H,10,15H2,1H3;1-2H3;1H4. The summed E-state index contributed by atoms with van der Waals surface area (Å²) in [6, 6.07) is 16.2. The van der Waals surface area contributed by atoms with Crippen LogP contribution in [0.3, 0.4) is 0 Å². The van der Waals surface area contributed by atoms with E-state index in [-0.39, 0.29) is 7.43 Å². The van der Waals surface area contributed by atoms with Crippen LogP contribution < -0.4 is 5.73 Å². The lowest BCUT2D eigenvalue weighted by molar-refractivity contribution is 0.185. The molecule has 0 saturated heterocycles. The van der Waals surface area contributed by atoms with E-state index >= 15 is 0 Å². The molecule has 0 spiro atoms. The molecular weight excluding hydrogens is 234 g/mol. The maximum absolute atomic E-state index is 5.65. The molecule has 0 fully saturated rings. The van der Waals surface area contributed by atoms with E-state index in [4.69, 9.17) is 10.5 Å². The molecule has 19 heavy (non-hydrogen) atoms. The Labute approximate surface area is 117 Å². The molecule has 2 N–H and O–H groups in total. The lowest BCUT2D eigenvalue weighted by atomic mass is 10.0. The van der Waals surface area contributed by atoms with Crippen LogP contribution in [0.1, 0.15) is 26.8 Å². The Kier molecular flexibility index (Phi) is 8.30. The molecule has 0 unspecified atom stereocenters. The predicted molar refractivity (Wildman–Crippen MR) is 85.1 cm³/mol. The quantitative estimate of drug-likeness (QED) is 0.808. The molecule has 2 rings (SSSR count). The Balaban J connectivity index is 0.00000103. The monoisotopic (exact) mass is 259 g/mol. The van der Waals surface area contributed by atoms with E-state index in [0.29, 0.717) is 6.61 Å². The second kappa shape index (κ2) is 9.17. The van der Waals surface area contributed by atoms with Crippen LogP contribution in [0.25, 0.3) is 11.1 Å². The molecule has 0 radical (unpaired) electrons. The minimum absolute atomic E-state index is 0. The SMILES string of the molecule is C.CC.COCc1ccc(-c2ccc(N)cc2)cc1. The van der Waals surface area contributed by atoms with Crippen LogP contribution >= 0.6 is 0 Å². The summed E-state index contributed by atoms with van der Waals surface area (Å²) < 4.78 is 5.07. The van der Waals surface area contributed by atoms with Gasteiger partial charge in [-0.2, -0.15) is 0 Å². The first-order valence-electron chi connectivity index (χ1n) is 6.23. The third kappa shape index (κ3) is 5.14. The minimum Gasteiger partial charge on any atom is -0.399 e. The van der Waals surface area contributed by atoms with E-state index in [0.717, 1.165) is 5.69 Å². The van der Waals surface area contributed by atoms with Crippen molar-refractivity contribution >= 4 is 5.69 Å². The van der Waals surface area contributed by atoms with Crippen molar-refractivity contribution in [2.75, 3.05) is 12.8 Å². The molecule has 0 aromatic heterocycles. The molecule has 0 bridgehead atoms. The van der Waals surface area contributed by atoms with Crippen LogP contribution in [-0.2, 0) is 11.3 Å². The first-order valence-corrected chi connectivity index (χ1v) is 6.23. The molecule has 0 atom stereocenters. The lowest BCUT2D eigenvalue weighted by Gasteiger charge is -2.04. The Hall–Kier alpha value is -1.80. The van der Waals surface area contributed by atoms with E-state index in [9.17, 15) is 0 Å². The number of nitrogen functional groups attached to an aromatic ring is 1. The van der Waals surface area contributed by atoms with Crippen molar-refractivity contribution in [3.63, 3.8) is 0 Å². The summed E-state index contributed by atoms with van der Waals surface area (Å²) in [6.45, 7) is 4.65. The molecule has 0 saturated carbocycles. The zero-order valence-electron chi connectivity index (χ0n) is 11.3. The Bertz CT molecular complexity index is 446. The fraction of sp³-hybridized carbons (Fsp3) is 0.294. The van der Waals surface area contributed by atoms with Gasteiger partial charge in [0.05, 0.1) is 6.61 Å². The fourth-order valence-electron chi connectivity index (χ4n) is 1.64. The van der Waals surface area contributed by atoms with Gasteiger partial charge in [-0.1, -0.05) is 57.7 Å². The van der Waals surface area contributed by atoms with E-state index in [1.54, 1.807) is 7.11 Å². The van der Waals surface area contributed by atoms with Crippen molar-refractivity contribution < 1.29 is 4.74 Å². The van der Waals surface area contributed by atoms with Gasteiger partial charge in [0.15, 0.2) is 0 Å². The van der Waals surface area contributed by atoms with Gasteiger partial charge in [0, 0.05) is 12.8 Å². The number of hydrogen-bond donors (Lipinski definition) is 1. The molecule has 104 valence electrons. The second-order valence-electron chi connectivity index (χ2n) is 3.75. The first-order chi connectivity index (χ1) is 8.79. The highest BCUT2D eigenvalue weighted by Crippen LogP contribution is 2.21. The van der Waals surface area contributed by atoms with Gasteiger partial charge in [-0.3, -0.25) is 0 Å². The van der Waals surface area contributed by atoms with Crippen LogP contribution in [0.5, 0.6) is 0 Å². The van der Waals surface area contributed by atoms with E-state index in [2.05, 4.69) is 24.3 Å². The van der Waals surface area contributed by atoms with Crippen LogP contribution in [-0.4, -0.2) is 7.11 Å². The third-order valence-electron chi connectivity index (χ3n) is 2.51. The average Bonchev–Trinajstić information content (AvgIpc) is 2.43. The summed E-state index contributed by atoms with van der Waals surface area (Å²) in [7, 11) is 1.70. The number of rotatable bonds is 3. The summed E-state index contributed by atoms with van der Waals surface area (Å²) in [5.41, 5.74) is 10.00. The van der Waals surface area contributed by atoms with Gasteiger partial charge in [-0.15, -0.1) is 0 Å². The van der Waals surface area contributed by atoms with Crippen molar-refractivity contribution in [2.24, 2.45) is 0 Å². The molecule has 2 aromatic rings. The normalized spacial score (nSPS) is 9.00. The molecule has 0 aliphatic rings. The van der Waals surface area contributed by atoms with Crippen molar-refractivity contribution in [3.05, 3.63) is 54.1 Å². The maximum Gasteiger partial charge on any atom is 0.0713 e. The van der Waals surface area contributed by atoms with Gasteiger partial charge in [-0.05, 0) is 28.8 Å². The van der Waals surface area contributed by atoms with Gasteiger partial charge in [0.25, 0.3) is 0 Å². The summed E-state index contributed by atoms with van der Waals surface area (Å²) >= 11 is 0. The second-order valence-corrected chi connectivity index (χ2v) is 3.75. The number of benzene rings is 2. The summed E-state index contributed by atoms with van der Waals surface area (Å²) in [6.07, 6.45) is 0. The largest absolute Gasteiger partial charge is 0.399 e. The molecule has 0 aliphatic heterocycles. The van der Waals surface area contributed by atoms with Gasteiger partial charge in [-0.25, -0.2) is 0 Å². The van der Waals surface area contributed by atoms with Gasteiger partial charge >= 0.3 is 0 Å².